The standard InChI is InChI=1S/C22H26N6O5S2/c1-14-10-27(11-15(2)33-14)19-6-4-5-17(24-19)18-13-34-22(25-18)26-20(29)9-23-21(30)16-7-8-28(12-16)35(3,31)32/h4-8,12-15H,9-11H2,1-3H3,(H,23,30)(H,25,26,29)/t14-,15+. The first kappa shape index (κ1) is 24.8. The van der Waals surface area contributed by atoms with Gasteiger partial charge in [0.05, 0.1) is 36.3 Å². The first-order chi connectivity index (χ1) is 16.6. The molecule has 0 radical (unpaired) electrons. The summed E-state index contributed by atoms with van der Waals surface area (Å²) < 4.78 is 29.8. The Labute approximate surface area is 207 Å². The van der Waals surface area contributed by atoms with Crippen molar-refractivity contribution in [1.29, 1.82) is 0 Å². The van der Waals surface area contributed by atoms with E-state index in [2.05, 4.69) is 20.5 Å². The number of aromatic nitrogens is 3. The molecule has 2 N–H and O–H groups in total. The molecule has 4 heterocycles. The molecule has 0 unspecified atom stereocenters. The number of nitrogens with zero attached hydrogens (tertiary/aromatic N) is 4. The van der Waals surface area contributed by atoms with E-state index in [0.29, 0.717) is 16.5 Å². The van der Waals surface area contributed by atoms with Gasteiger partial charge in [0.25, 0.3) is 5.91 Å². The van der Waals surface area contributed by atoms with Crippen LogP contribution in [-0.4, -0.2) is 72.3 Å². The Morgan fingerprint density at radius 3 is 2.57 bits per heavy atom. The van der Waals surface area contributed by atoms with Crippen LogP contribution in [0.4, 0.5) is 10.9 Å². The molecule has 3 aromatic heterocycles. The van der Waals surface area contributed by atoms with Crippen molar-refractivity contribution in [2.75, 3.05) is 36.1 Å². The van der Waals surface area contributed by atoms with E-state index in [-0.39, 0.29) is 24.3 Å². The van der Waals surface area contributed by atoms with Crippen LogP contribution in [0.5, 0.6) is 0 Å². The molecule has 2 amide bonds. The molecule has 0 spiro atoms. The number of nitrogens with one attached hydrogen (secondary N) is 2. The topological polar surface area (TPSA) is 136 Å². The molecule has 1 aliphatic rings. The van der Waals surface area contributed by atoms with Gasteiger partial charge in [0, 0.05) is 30.9 Å². The van der Waals surface area contributed by atoms with E-state index in [0.717, 1.165) is 29.1 Å². The third-order valence-electron chi connectivity index (χ3n) is 5.21. The number of carbonyl (C=O) groups is 2. The number of morpholine rings is 1. The molecule has 35 heavy (non-hydrogen) atoms. The molecule has 1 aliphatic heterocycles. The van der Waals surface area contributed by atoms with Gasteiger partial charge in [-0.2, -0.15) is 0 Å². The lowest BCUT2D eigenvalue weighted by Gasteiger charge is -2.36. The Morgan fingerprint density at radius 2 is 1.89 bits per heavy atom. The quantitative estimate of drug-likeness (QED) is 0.483. The van der Waals surface area contributed by atoms with E-state index in [4.69, 9.17) is 9.72 Å². The van der Waals surface area contributed by atoms with Gasteiger partial charge in [-0.1, -0.05) is 6.07 Å². The largest absolute Gasteiger partial charge is 0.372 e. The molecular weight excluding hydrogens is 492 g/mol. The first-order valence-electron chi connectivity index (χ1n) is 10.9. The molecule has 0 aromatic carbocycles. The van der Waals surface area contributed by atoms with Crippen molar-refractivity contribution < 1.29 is 22.7 Å². The van der Waals surface area contributed by atoms with Crippen LogP contribution >= 0.6 is 11.3 Å². The summed E-state index contributed by atoms with van der Waals surface area (Å²) >= 11 is 1.25. The zero-order valence-corrected chi connectivity index (χ0v) is 21.1. The van der Waals surface area contributed by atoms with Crippen LogP contribution in [0.2, 0.25) is 0 Å². The summed E-state index contributed by atoms with van der Waals surface area (Å²) in [4.78, 5) is 35.9. The highest BCUT2D eigenvalue weighted by Crippen LogP contribution is 2.26. The third kappa shape index (κ3) is 6.24. The van der Waals surface area contributed by atoms with Gasteiger partial charge >= 0.3 is 0 Å². The maximum Gasteiger partial charge on any atom is 0.253 e. The molecule has 0 saturated carbocycles. The molecule has 1 saturated heterocycles. The van der Waals surface area contributed by atoms with E-state index in [1.807, 2.05) is 32.0 Å². The van der Waals surface area contributed by atoms with Crippen molar-refractivity contribution in [2.24, 2.45) is 0 Å². The Kier molecular flexibility index (Phi) is 7.19. The number of hydrogen-bond acceptors (Lipinski definition) is 9. The van der Waals surface area contributed by atoms with Crippen LogP contribution < -0.4 is 15.5 Å². The van der Waals surface area contributed by atoms with E-state index in [1.165, 1.54) is 29.8 Å². The van der Waals surface area contributed by atoms with Crippen molar-refractivity contribution in [1.82, 2.24) is 19.3 Å². The predicted molar refractivity (Wildman–Crippen MR) is 133 cm³/mol. The fourth-order valence-electron chi connectivity index (χ4n) is 3.70. The van der Waals surface area contributed by atoms with Crippen molar-refractivity contribution in [3.63, 3.8) is 0 Å². The number of ether oxygens (including phenoxy) is 1. The highest BCUT2D eigenvalue weighted by atomic mass is 32.2. The molecule has 0 aliphatic carbocycles. The summed E-state index contributed by atoms with van der Waals surface area (Å²) in [6.07, 6.45) is 3.72. The number of pyridine rings is 1. The summed E-state index contributed by atoms with van der Waals surface area (Å²) in [5.41, 5.74) is 1.46. The van der Waals surface area contributed by atoms with E-state index < -0.39 is 21.8 Å². The molecule has 3 aromatic rings. The van der Waals surface area contributed by atoms with Crippen LogP contribution in [0.15, 0.2) is 42.0 Å². The van der Waals surface area contributed by atoms with Gasteiger partial charge in [-0.25, -0.2) is 18.4 Å². The summed E-state index contributed by atoms with van der Waals surface area (Å²) in [6, 6.07) is 7.10. The zero-order chi connectivity index (χ0) is 25.2. The minimum atomic E-state index is -3.49. The van der Waals surface area contributed by atoms with Gasteiger partial charge < -0.3 is 20.3 Å². The Morgan fingerprint density at radius 1 is 1.14 bits per heavy atom. The fraction of sp³-hybridized carbons (Fsp3) is 0.364. The Bertz CT molecular complexity index is 1330. The van der Waals surface area contributed by atoms with Crippen LogP contribution in [0, 0.1) is 0 Å². The van der Waals surface area contributed by atoms with Crippen molar-refractivity contribution in [2.45, 2.75) is 26.1 Å². The highest BCUT2D eigenvalue weighted by molar-refractivity contribution is 7.89. The average Bonchev–Trinajstić information content (AvgIpc) is 3.47. The fourth-order valence-corrected chi connectivity index (χ4v) is 5.01. The van der Waals surface area contributed by atoms with E-state index in [9.17, 15) is 18.0 Å². The summed E-state index contributed by atoms with van der Waals surface area (Å²) in [7, 11) is -3.49. The summed E-state index contributed by atoms with van der Waals surface area (Å²) in [5, 5.41) is 7.30. The molecule has 4 rings (SSSR count). The molecule has 11 nitrogen and oxygen atoms in total. The van der Waals surface area contributed by atoms with Gasteiger partial charge in [0.1, 0.15) is 11.5 Å². The second-order valence-electron chi connectivity index (χ2n) is 8.31. The highest BCUT2D eigenvalue weighted by Gasteiger charge is 2.23. The Hall–Kier alpha value is -3.29. The zero-order valence-electron chi connectivity index (χ0n) is 19.5. The van der Waals surface area contributed by atoms with Crippen LogP contribution in [0.1, 0.15) is 24.2 Å². The number of rotatable bonds is 7. The minimum Gasteiger partial charge on any atom is -0.372 e. The second kappa shape index (κ2) is 10.1. The lowest BCUT2D eigenvalue weighted by molar-refractivity contribution is -0.115. The third-order valence-corrected chi connectivity index (χ3v) is 6.96. The number of anilines is 2. The number of carbonyl (C=O) groups excluding carboxylic acids is 2. The number of amides is 2. The van der Waals surface area contributed by atoms with Crippen LogP contribution in [-0.2, 0) is 19.6 Å². The predicted octanol–water partition coefficient (Wildman–Crippen LogP) is 1.80. The molecule has 2 atom stereocenters. The molecule has 186 valence electrons. The van der Waals surface area contributed by atoms with Gasteiger partial charge in [-0.15, -0.1) is 11.3 Å². The maximum absolute atomic E-state index is 12.3. The smallest absolute Gasteiger partial charge is 0.253 e. The molecule has 0 bridgehead atoms. The first-order valence-corrected chi connectivity index (χ1v) is 13.6. The van der Waals surface area contributed by atoms with Gasteiger partial charge in [0.2, 0.25) is 15.9 Å². The van der Waals surface area contributed by atoms with Crippen molar-refractivity contribution in [3.05, 3.63) is 47.6 Å². The average molecular weight is 519 g/mol. The molecule has 1 fully saturated rings. The SMILES string of the molecule is C[C@@H]1CN(c2cccc(-c3csc(NC(=O)CNC(=O)c4ccn(S(C)(=O)=O)c4)n3)n2)C[C@H](C)O1. The second-order valence-corrected chi connectivity index (χ2v) is 11.1. The van der Waals surface area contributed by atoms with Crippen LogP contribution in [0.25, 0.3) is 11.4 Å². The van der Waals surface area contributed by atoms with E-state index >= 15 is 0 Å². The van der Waals surface area contributed by atoms with Crippen molar-refractivity contribution >= 4 is 44.1 Å². The molecule has 13 heteroatoms. The Balaban J connectivity index is 1.35. The molecular formula is C22H26N6O5S2. The lowest BCUT2D eigenvalue weighted by Crippen LogP contribution is -2.45. The van der Waals surface area contributed by atoms with Gasteiger partial charge in [0.15, 0.2) is 5.13 Å². The van der Waals surface area contributed by atoms with Gasteiger partial charge in [-0.05, 0) is 32.0 Å². The van der Waals surface area contributed by atoms with Crippen molar-refractivity contribution in [3.8, 4) is 11.4 Å². The maximum atomic E-state index is 12.3. The van der Waals surface area contributed by atoms with Gasteiger partial charge in [-0.3, -0.25) is 13.6 Å². The monoisotopic (exact) mass is 518 g/mol. The summed E-state index contributed by atoms with van der Waals surface area (Å²) in [6.45, 7) is 5.29. The minimum absolute atomic E-state index is 0.116. The normalized spacial score (nSPS) is 18.3. The number of thiazole rings is 1. The number of hydrogen-bond donors (Lipinski definition) is 2. The lowest BCUT2D eigenvalue weighted by atomic mass is 10.2. The van der Waals surface area contributed by atoms with Crippen LogP contribution in [0.3, 0.4) is 0 Å². The summed E-state index contributed by atoms with van der Waals surface area (Å²) in [5.74, 6) is -0.176. The van der Waals surface area contributed by atoms with E-state index in [1.54, 1.807) is 5.38 Å².